The predicted octanol–water partition coefficient (Wildman–Crippen LogP) is -0.710. The summed E-state index contributed by atoms with van der Waals surface area (Å²) in [4.78, 5) is 10.3. The lowest BCUT2D eigenvalue weighted by atomic mass is 10.2. The van der Waals surface area contributed by atoms with Crippen LogP contribution in [0.25, 0.3) is 0 Å². The summed E-state index contributed by atoms with van der Waals surface area (Å²) in [5, 5.41) is 15.7. The molecule has 1 atom stereocenters. The van der Waals surface area contributed by atoms with Gasteiger partial charge in [0.15, 0.2) is 0 Å². The first kappa shape index (κ1) is 8.66. The van der Waals surface area contributed by atoms with Gasteiger partial charge in [-0.15, -0.1) is 5.10 Å². The summed E-state index contributed by atoms with van der Waals surface area (Å²) in [5.41, 5.74) is 6.18. The molecule has 0 aliphatic heterocycles. The van der Waals surface area contributed by atoms with Gasteiger partial charge in [0.2, 0.25) is 0 Å². The minimum Gasteiger partial charge on any atom is -0.481 e. The van der Waals surface area contributed by atoms with E-state index < -0.39 is 12.0 Å². The normalized spacial score (nSPS) is 12.8. The zero-order valence-corrected chi connectivity index (χ0v) is 6.64. The zero-order chi connectivity index (χ0) is 9.14. The van der Waals surface area contributed by atoms with Gasteiger partial charge in [-0.25, -0.2) is 0 Å². The average molecular weight is 170 g/mol. The summed E-state index contributed by atoms with van der Waals surface area (Å²) in [6.07, 6.45) is 1.36. The van der Waals surface area contributed by atoms with E-state index in [4.69, 9.17) is 10.8 Å². The Bertz CT molecular complexity index is 283. The Kier molecular flexibility index (Phi) is 2.39. The van der Waals surface area contributed by atoms with Crippen molar-refractivity contribution >= 4 is 5.97 Å². The molecule has 0 fully saturated rings. The van der Waals surface area contributed by atoms with Gasteiger partial charge in [0.25, 0.3) is 0 Å². The topological polar surface area (TPSA) is 94.0 Å². The molecule has 0 radical (unpaired) electrons. The lowest BCUT2D eigenvalue weighted by Gasteiger charge is -2.06. The number of rotatable bonds is 3. The van der Waals surface area contributed by atoms with Gasteiger partial charge in [-0.3, -0.25) is 9.48 Å². The molecular weight excluding hydrogens is 160 g/mol. The fourth-order valence-electron chi connectivity index (χ4n) is 0.926. The Morgan fingerprint density at radius 3 is 3.00 bits per heavy atom. The van der Waals surface area contributed by atoms with Crippen molar-refractivity contribution in [3.05, 3.63) is 11.9 Å². The van der Waals surface area contributed by atoms with E-state index >= 15 is 0 Å². The van der Waals surface area contributed by atoms with Crippen LogP contribution in [0.4, 0.5) is 0 Å². The third-order valence-corrected chi connectivity index (χ3v) is 1.52. The van der Waals surface area contributed by atoms with Crippen LogP contribution in [0, 0.1) is 0 Å². The van der Waals surface area contributed by atoms with E-state index in [9.17, 15) is 4.79 Å². The van der Waals surface area contributed by atoms with E-state index in [1.165, 1.54) is 10.9 Å². The third-order valence-electron chi connectivity index (χ3n) is 1.52. The Balaban J connectivity index is 2.71. The largest absolute Gasteiger partial charge is 0.481 e. The molecule has 0 bridgehead atoms. The van der Waals surface area contributed by atoms with Crippen molar-refractivity contribution in [2.75, 3.05) is 0 Å². The molecule has 0 spiro atoms. The number of nitrogens with zero attached hydrogens (tertiary/aromatic N) is 3. The number of aliphatic carboxylic acids is 1. The first-order valence-corrected chi connectivity index (χ1v) is 3.43. The quantitative estimate of drug-likeness (QED) is 0.624. The molecule has 6 nitrogen and oxygen atoms in total. The van der Waals surface area contributed by atoms with Crippen LogP contribution in [-0.2, 0) is 11.8 Å². The van der Waals surface area contributed by atoms with Gasteiger partial charge in [0, 0.05) is 7.05 Å². The molecule has 6 heteroatoms. The SMILES string of the molecule is Cn1nncc1[C@@H](N)CC(=O)O. The minimum absolute atomic E-state index is 0.110. The molecule has 3 N–H and O–H groups in total. The fourth-order valence-corrected chi connectivity index (χ4v) is 0.926. The van der Waals surface area contributed by atoms with Crippen LogP contribution in [0.1, 0.15) is 18.2 Å². The van der Waals surface area contributed by atoms with Crippen molar-refractivity contribution in [3.63, 3.8) is 0 Å². The van der Waals surface area contributed by atoms with Crippen molar-refractivity contribution in [2.45, 2.75) is 12.5 Å². The molecule has 1 heterocycles. The molecule has 0 aromatic carbocycles. The van der Waals surface area contributed by atoms with Gasteiger partial charge in [-0.05, 0) is 0 Å². The van der Waals surface area contributed by atoms with Crippen LogP contribution in [0.3, 0.4) is 0 Å². The maximum atomic E-state index is 10.3. The summed E-state index contributed by atoms with van der Waals surface area (Å²) in [6, 6.07) is -0.539. The number of hydrogen-bond acceptors (Lipinski definition) is 4. The number of carboxylic acid groups (broad SMARTS) is 1. The Hall–Kier alpha value is -1.43. The Labute approximate surface area is 69.0 Å². The van der Waals surface area contributed by atoms with Crippen molar-refractivity contribution in [2.24, 2.45) is 12.8 Å². The van der Waals surface area contributed by atoms with E-state index in [1.54, 1.807) is 7.05 Å². The van der Waals surface area contributed by atoms with Crippen molar-refractivity contribution in [1.82, 2.24) is 15.0 Å². The molecule has 66 valence electrons. The molecule has 0 saturated carbocycles. The second kappa shape index (κ2) is 3.31. The number of carboxylic acids is 1. The molecule has 1 aromatic heterocycles. The Morgan fingerprint density at radius 2 is 2.58 bits per heavy atom. The second-order valence-electron chi connectivity index (χ2n) is 2.49. The lowest BCUT2D eigenvalue weighted by molar-refractivity contribution is -0.137. The van der Waals surface area contributed by atoms with Crippen molar-refractivity contribution in [3.8, 4) is 0 Å². The maximum Gasteiger partial charge on any atom is 0.305 e. The lowest BCUT2D eigenvalue weighted by Crippen LogP contribution is -2.18. The van der Waals surface area contributed by atoms with E-state index in [0.717, 1.165) is 0 Å². The van der Waals surface area contributed by atoms with Gasteiger partial charge < -0.3 is 10.8 Å². The predicted molar refractivity (Wildman–Crippen MR) is 40.2 cm³/mol. The van der Waals surface area contributed by atoms with Gasteiger partial charge in [-0.1, -0.05) is 5.21 Å². The number of hydrogen-bond donors (Lipinski definition) is 2. The molecule has 12 heavy (non-hydrogen) atoms. The summed E-state index contributed by atoms with van der Waals surface area (Å²) < 4.78 is 1.47. The van der Waals surface area contributed by atoms with E-state index in [2.05, 4.69) is 10.3 Å². The van der Waals surface area contributed by atoms with Crippen LogP contribution >= 0.6 is 0 Å². The smallest absolute Gasteiger partial charge is 0.305 e. The van der Waals surface area contributed by atoms with Gasteiger partial charge >= 0.3 is 5.97 Å². The zero-order valence-electron chi connectivity index (χ0n) is 6.64. The molecular formula is C6H10N4O2. The van der Waals surface area contributed by atoms with Crippen LogP contribution in [-0.4, -0.2) is 26.1 Å². The fraction of sp³-hybridized carbons (Fsp3) is 0.500. The summed E-state index contributed by atoms with van der Waals surface area (Å²) in [6.45, 7) is 0. The van der Waals surface area contributed by atoms with Gasteiger partial charge in [0.05, 0.1) is 24.4 Å². The number of nitrogens with two attached hydrogens (primary N) is 1. The molecule has 0 aliphatic carbocycles. The highest BCUT2D eigenvalue weighted by Gasteiger charge is 2.13. The molecule has 0 amide bonds. The monoisotopic (exact) mass is 170 g/mol. The number of aromatic nitrogens is 3. The molecule has 1 aromatic rings. The number of aryl methyl sites for hydroxylation is 1. The molecule has 1 rings (SSSR count). The summed E-state index contributed by atoms with van der Waals surface area (Å²) in [7, 11) is 1.67. The Morgan fingerprint density at radius 1 is 1.92 bits per heavy atom. The van der Waals surface area contributed by atoms with Crippen molar-refractivity contribution in [1.29, 1.82) is 0 Å². The van der Waals surface area contributed by atoms with Gasteiger partial charge in [0.1, 0.15) is 0 Å². The van der Waals surface area contributed by atoms with E-state index in [1.807, 2.05) is 0 Å². The molecule has 0 unspecified atom stereocenters. The highest BCUT2D eigenvalue weighted by Crippen LogP contribution is 2.10. The molecule has 0 saturated heterocycles. The first-order valence-electron chi connectivity index (χ1n) is 3.43. The maximum absolute atomic E-state index is 10.3. The highest BCUT2D eigenvalue weighted by molar-refractivity contribution is 5.67. The second-order valence-corrected chi connectivity index (χ2v) is 2.49. The third kappa shape index (κ3) is 1.79. The first-order chi connectivity index (χ1) is 5.61. The minimum atomic E-state index is -0.927. The number of carbonyl (C=O) groups is 1. The van der Waals surface area contributed by atoms with Crippen molar-refractivity contribution < 1.29 is 9.90 Å². The van der Waals surface area contributed by atoms with E-state index in [-0.39, 0.29) is 6.42 Å². The highest BCUT2D eigenvalue weighted by atomic mass is 16.4. The van der Waals surface area contributed by atoms with Crippen LogP contribution in [0.15, 0.2) is 6.20 Å². The summed E-state index contributed by atoms with van der Waals surface area (Å²) in [5.74, 6) is -0.927. The van der Waals surface area contributed by atoms with Crippen LogP contribution < -0.4 is 5.73 Å². The molecule has 0 aliphatic rings. The van der Waals surface area contributed by atoms with E-state index in [0.29, 0.717) is 5.69 Å². The standard InChI is InChI=1S/C6H10N4O2/c1-10-5(3-8-9-10)4(7)2-6(11)12/h3-4H,2,7H2,1H3,(H,11,12)/t4-/m0/s1. The van der Waals surface area contributed by atoms with Crippen LogP contribution in [0.2, 0.25) is 0 Å². The average Bonchev–Trinajstić information content (AvgIpc) is 2.33. The van der Waals surface area contributed by atoms with Crippen LogP contribution in [0.5, 0.6) is 0 Å². The summed E-state index contributed by atoms with van der Waals surface area (Å²) >= 11 is 0. The van der Waals surface area contributed by atoms with Gasteiger partial charge in [-0.2, -0.15) is 0 Å².